The number of thiophene rings is 1. The van der Waals surface area contributed by atoms with Gasteiger partial charge in [0, 0.05) is 37.1 Å². The third kappa shape index (κ3) is 4.81. The Kier molecular flexibility index (Phi) is 6.82. The largest absolute Gasteiger partial charge is 0.465 e. The van der Waals surface area contributed by atoms with Crippen LogP contribution in [0, 0.1) is 5.82 Å². The van der Waals surface area contributed by atoms with Crippen molar-refractivity contribution in [3.05, 3.63) is 71.4 Å². The molecule has 1 saturated heterocycles. The number of nitrogens with zero attached hydrogens (tertiary/aromatic N) is 2. The fourth-order valence-electron chi connectivity index (χ4n) is 3.81. The van der Waals surface area contributed by atoms with Gasteiger partial charge in [0.15, 0.2) is 0 Å². The van der Waals surface area contributed by atoms with Crippen molar-refractivity contribution in [1.82, 2.24) is 4.90 Å². The zero-order valence-electron chi connectivity index (χ0n) is 17.7. The van der Waals surface area contributed by atoms with E-state index in [2.05, 4.69) is 5.32 Å². The summed E-state index contributed by atoms with van der Waals surface area (Å²) in [6.45, 7) is 2.76. The highest BCUT2D eigenvalue weighted by molar-refractivity contribution is 7.15. The maximum atomic E-state index is 14.0. The van der Waals surface area contributed by atoms with Gasteiger partial charge in [-0.2, -0.15) is 0 Å². The number of carbonyl (C=O) groups is 2. The molecule has 166 valence electrons. The standard InChI is InChI=1S/C24H24FN3O3S/c1-31-24(30)22-18(17-7-3-2-4-8-17)16-32-23(22)26-21(29)15-27-11-13-28(14-12-27)20-10-6-5-9-19(20)25/h2-10,16H,11-15H2,1H3,(H,26,29). The van der Waals surface area contributed by atoms with E-state index in [4.69, 9.17) is 4.74 Å². The van der Waals surface area contributed by atoms with E-state index in [-0.39, 0.29) is 18.3 Å². The normalized spacial score (nSPS) is 14.2. The van der Waals surface area contributed by atoms with Crippen LogP contribution in [0.4, 0.5) is 15.1 Å². The summed E-state index contributed by atoms with van der Waals surface area (Å²) in [7, 11) is 1.33. The molecule has 2 aromatic carbocycles. The quantitative estimate of drug-likeness (QED) is 0.570. The highest BCUT2D eigenvalue weighted by atomic mass is 32.1. The molecule has 0 atom stereocenters. The molecule has 0 saturated carbocycles. The van der Waals surface area contributed by atoms with E-state index in [1.807, 2.05) is 51.6 Å². The molecule has 0 spiro atoms. The molecule has 0 bridgehead atoms. The molecule has 0 unspecified atom stereocenters. The van der Waals surface area contributed by atoms with Crippen molar-refractivity contribution in [2.24, 2.45) is 0 Å². The van der Waals surface area contributed by atoms with Crippen molar-refractivity contribution in [3.8, 4) is 11.1 Å². The number of halogens is 1. The van der Waals surface area contributed by atoms with Gasteiger partial charge in [0.2, 0.25) is 5.91 Å². The summed E-state index contributed by atoms with van der Waals surface area (Å²) in [6, 6.07) is 16.2. The van der Waals surface area contributed by atoms with Crippen LogP contribution in [-0.4, -0.2) is 56.6 Å². The molecular formula is C24H24FN3O3S. The molecule has 4 rings (SSSR count). The first-order chi connectivity index (χ1) is 15.6. The van der Waals surface area contributed by atoms with Crippen molar-refractivity contribution < 1.29 is 18.7 Å². The number of rotatable bonds is 6. The molecule has 1 fully saturated rings. The van der Waals surface area contributed by atoms with Gasteiger partial charge in [-0.3, -0.25) is 9.69 Å². The van der Waals surface area contributed by atoms with Gasteiger partial charge in [-0.1, -0.05) is 42.5 Å². The first-order valence-electron chi connectivity index (χ1n) is 10.3. The predicted molar refractivity (Wildman–Crippen MR) is 125 cm³/mol. The SMILES string of the molecule is COC(=O)c1c(-c2ccccc2)csc1NC(=O)CN1CCN(c2ccccc2F)CC1. The zero-order chi connectivity index (χ0) is 22.5. The minimum Gasteiger partial charge on any atom is -0.465 e. The summed E-state index contributed by atoms with van der Waals surface area (Å²) in [5.41, 5.74) is 2.57. The second-order valence-corrected chi connectivity index (χ2v) is 8.35. The number of para-hydroxylation sites is 1. The molecule has 2 heterocycles. The van der Waals surface area contributed by atoms with Crippen molar-refractivity contribution >= 4 is 33.9 Å². The van der Waals surface area contributed by atoms with Crippen LogP contribution in [0.15, 0.2) is 60.0 Å². The van der Waals surface area contributed by atoms with Crippen LogP contribution in [-0.2, 0) is 9.53 Å². The number of piperazine rings is 1. The lowest BCUT2D eigenvalue weighted by Crippen LogP contribution is -2.48. The number of esters is 1. The Morgan fingerprint density at radius 1 is 1.03 bits per heavy atom. The highest BCUT2D eigenvalue weighted by Gasteiger charge is 2.24. The average molecular weight is 454 g/mol. The van der Waals surface area contributed by atoms with Gasteiger partial charge in [0.1, 0.15) is 16.4 Å². The number of benzene rings is 2. The lowest BCUT2D eigenvalue weighted by atomic mass is 10.0. The molecule has 0 aliphatic carbocycles. The molecule has 0 radical (unpaired) electrons. The minimum atomic E-state index is -0.487. The van der Waals surface area contributed by atoms with Crippen LogP contribution in [0.1, 0.15) is 10.4 Å². The minimum absolute atomic E-state index is 0.198. The van der Waals surface area contributed by atoms with Crippen molar-refractivity contribution in [3.63, 3.8) is 0 Å². The number of anilines is 2. The molecule has 1 aliphatic heterocycles. The van der Waals surface area contributed by atoms with Crippen LogP contribution in [0.2, 0.25) is 0 Å². The van der Waals surface area contributed by atoms with Crippen LogP contribution < -0.4 is 10.2 Å². The lowest BCUT2D eigenvalue weighted by Gasteiger charge is -2.35. The second-order valence-electron chi connectivity index (χ2n) is 7.47. The summed E-state index contributed by atoms with van der Waals surface area (Å²) in [5, 5.41) is 5.21. The van der Waals surface area contributed by atoms with Gasteiger partial charge < -0.3 is 15.0 Å². The number of hydrogen-bond acceptors (Lipinski definition) is 6. The molecular weight excluding hydrogens is 429 g/mol. The summed E-state index contributed by atoms with van der Waals surface area (Å²) in [5.74, 6) is -0.921. The van der Waals surface area contributed by atoms with Crippen molar-refractivity contribution in [2.75, 3.05) is 50.1 Å². The first kappa shape index (κ1) is 22.0. The molecule has 6 nitrogen and oxygen atoms in total. The van der Waals surface area contributed by atoms with Crippen LogP contribution >= 0.6 is 11.3 Å². The monoisotopic (exact) mass is 453 g/mol. The lowest BCUT2D eigenvalue weighted by molar-refractivity contribution is -0.117. The van der Waals surface area contributed by atoms with Crippen LogP contribution in [0.3, 0.4) is 0 Å². The van der Waals surface area contributed by atoms with Crippen molar-refractivity contribution in [2.45, 2.75) is 0 Å². The Bertz CT molecular complexity index is 1090. The maximum Gasteiger partial charge on any atom is 0.341 e. The Hall–Kier alpha value is -3.23. The Labute approximate surface area is 190 Å². The summed E-state index contributed by atoms with van der Waals surface area (Å²) in [6.07, 6.45) is 0. The molecule has 1 amide bonds. The molecule has 32 heavy (non-hydrogen) atoms. The number of methoxy groups -OCH3 is 1. The van der Waals surface area contributed by atoms with E-state index in [1.165, 1.54) is 24.5 Å². The molecule has 1 aliphatic rings. The van der Waals surface area contributed by atoms with Crippen LogP contribution in [0.25, 0.3) is 11.1 Å². The van der Waals surface area contributed by atoms with Gasteiger partial charge in [-0.05, 0) is 17.7 Å². The van der Waals surface area contributed by atoms with E-state index in [9.17, 15) is 14.0 Å². The van der Waals surface area contributed by atoms with E-state index in [1.54, 1.807) is 12.1 Å². The van der Waals surface area contributed by atoms with Gasteiger partial charge in [-0.15, -0.1) is 11.3 Å². The Morgan fingerprint density at radius 2 is 1.72 bits per heavy atom. The number of carbonyl (C=O) groups excluding carboxylic acids is 2. The van der Waals surface area contributed by atoms with Gasteiger partial charge in [-0.25, -0.2) is 9.18 Å². The molecule has 1 N–H and O–H groups in total. The molecule has 8 heteroatoms. The number of nitrogens with one attached hydrogen (secondary N) is 1. The van der Waals surface area contributed by atoms with Gasteiger partial charge >= 0.3 is 5.97 Å². The van der Waals surface area contributed by atoms with E-state index >= 15 is 0 Å². The fourth-order valence-corrected chi connectivity index (χ4v) is 4.78. The zero-order valence-corrected chi connectivity index (χ0v) is 18.5. The summed E-state index contributed by atoms with van der Waals surface area (Å²) < 4.78 is 19.0. The van der Waals surface area contributed by atoms with Gasteiger partial charge in [0.05, 0.1) is 19.3 Å². The smallest absolute Gasteiger partial charge is 0.341 e. The Morgan fingerprint density at radius 3 is 2.41 bits per heavy atom. The topological polar surface area (TPSA) is 61.9 Å². The molecule has 3 aromatic rings. The number of amides is 1. The number of ether oxygens (including phenoxy) is 1. The number of hydrogen-bond donors (Lipinski definition) is 1. The first-order valence-corrected chi connectivity index (χ1v) is 11.2. The van der Waals surface area contributed by atoms with Crippen LogP contribution in [0.5, 0.6) is 0 Å². The molecule has 1 aromatic heterocycles. The maximum absolute atomic E-state index is 14.0. The highest BCUT2D eigenvalue weighted by Crippen LogP contribution is 2.36. The Balaban J connectivity index is 1.40. The van der Waals surface area contributed by atoms with E-state index < -0.39 is 5.97 Å². The van der Waals surface area contributed by atoms with E-state index in [0.717, 1.165) is 11.1 Å². The van der Waals surface area contributed by atoms with Crippen molar-refractivity contribution in [1.29, 1.82) is 0 Å². The predicted octanol–water partition coefficient (Wildman–Crippen LogP) is 4.10. The third-order valence-corrected chi connectivity index (χ3v) is 6.35. The third-order valence-electron chi connectivity index (χ3n) is 5.45. The average Bonchev–Trinajstić information content (AvgIpc) is 3.23. The van der Waals surface area contributed by atoms with E-state index in [0.29, 0.717) is 42.4 Å². The second kappa shape index (κ2) is 9.93. The summed E-state index contributed by atoms with van der Waals surface area (Å²) in [4.78, 5) is 29.2. The summed E-state index contributed by atoms with van der Waals surface area (Å²) >= 11 is 1.30. The van der Waals surface area contributed by atoms with Gasteiger partial charge in [0.25, 0.3) is 0 Å². The fraction of sp³-hybridized carbons (Fsp3) is 0.250.